The van der Waals surface area contributed by atoms with Gasteiger partial charge < -0.3 is 5.32 Å². The van der Waals surface area contributed by atoms with Crippen LogP contribution in [-0.4, -0.2) is 20.5 Å². The lowest BCUT2D eigenvalue weighted by atomic mass is 10.4. The third kappa shape index (κ3) is 3.77. The maximum atomic E-state index is 12.1. The summed E-state index contributed by atoms with van der Waals surface area (Å²) in [7, 11) is -3.41. The van der Waals surface area contributed by atoms with Crippen LogP contribution in [0.1, 0.15) is 31.6 Å². The minimum Gasteiger partial charge on any atom is -0.309 e. The summed E-state index contributed by atoms with van der Waals surface area (Å²) in [5.74, 6) is 0. The van der Waals surface area contributed by atoms with E-state index in [1.165, 1.54) is 24.2 Å². The second-order valence-corrected chi connectivity index (χ2v) is 8.92. The molecule has 0 spiro atoms. The van der Waals surface area contributed by atoms with E-state index in [1.54, 1.807) is 6.07 Å². The van der Waals surface area contributed by atoms with E-state index >= 15 is 0 Å². The first kappa shape index (κ1) is 14.5. The van der Waals surface area contributed by atoms with Crippen molar-refractivity contribution in [1.29, 1.82) is 0 Å². The van der Waals surface area contributed by atoms with Gasteiger partial charge in [-0.15, -0.1) is 11.3 Å². The highest BCUT2D eigenvalue weighted by Gasteiger charge is 2.23. The molecule has 7 heteroatoms. The summed E-state index contributed by atoms with van der Waals surface area (Å²) < 4.78 is 27.4. The summed E-state index contributed by atoms with van der Waals surface area (Å²) in [5, 5.41) is 3.38. The predicted molar refractivity (Wildman–Crippen MR) is 77.3 cm³/mol. The Morgan fingerprint density at radius 3 is 2.72 bits per heavy atom. The van der Waals surface area contributed by atoms with E-state index in [0.29, 0.717) is 14.7 Å². The molecule has 0 bridgehead atoms. The monoisotopic (exact) mass is 352 g/mol. The normalized spacial score (nSPS) is 16.4. The molecule has 2 rings (SSSR count). The number of halogens is 1. The zero-order chi connectivity index (χ0) is 13.3. The smallest absolute Gasteiger partial charge is 0.242 e. The van der Waals surface area contributed by atoms with E-state index in [1.807, 2.05) is 13.8 Å². The molecular formula is C11H17BrN2O2S2. The minimum absolute atomic E-state index is 0.102. The quantitative estimate of drug-likeness (QED) is 0.826. The fourth-order valence-electron chi connectivity index (χ4n) is 1.57. The van der Waals surface area contributed by atoms with Gasteiger partial charge in [0.1, 0.15) is 4.90 Å². The van der Waals surface area contributed by atoms with Crippen LogP contribution < -0.4 is 10.0 Å². The molecule has 0 atom stereocenters. The summed E-state index contributed by atoms with van der Waals surface area (Å²) in [6, 6.07) is 2.27. The molecule has 0 radical (unpaired) electrons. The lowest BCUT2D eigenvalue weighted by molar-refractivity contribution is 0.569. The fraction of sp³-hybridized carbons (Fsp3) is 0.636. The van der Waals surface area contributed by atoms with Gasteiger partial charge >= 0.3 is 0 Å². The lowest BCUT2D eigenvalue weighted by Gasteiger charge is -2.08. The molecule has 18 heavy (non-hydrogen) atoms. The van der Waals surface area contributed by atoms with Gasteiger partial charge in [0.05, 0.1) is 3.79 Å². The first-order valence-corrected chi connectivity index (χ1v) is 9.01. The summed E-state index contributed by atoms with van der Waals surface area (Å²) in [6.07, 6.45) is 2.46. The Morgan fingerprint density at radius 1 is 1.50 bits per heavy atom. The molecule has 0 aliphatic heterocycles. The van der Waals surface area contributed by atoms with Crippen LogP contribution in [0.25, 0.3) is 0 Å². The molecule has 1 fully saturated rings. The zero-order valence-electron chi connectivity index (χ0n) is 10.4. The van der Waals surface area contributed by atoms with Gasteiger partial charge in [-0.05, 0) is 48.7 Å². The van der Waals surface area contributed by atoms with Crippen LogP contribution in [0, 0.1) is 0 Å². The summed E-state index contributed by atoms with van der Waals surface area (Å²) >= 11 is 4.81. The van der Waals surface area contributed by atoms with Crippen LogP contribution in [0.4, 0.5) is 0 Å². The number of nitrogens with one attached hydrogen (secondary N) is 2. The number of sulfonamides is 1. The van der Waals surface area contributed by atoms with Gasteiger partial charge in [-0.3, -0.25) is 0 Å². The number of hydrogen-bond acceptors (Lipinski definition) is 4. The molecule has 1 aromatic rings. The predicted octanol–water partition coefficient (Wildman–Crippen LogP) is 2.45. The average molecular weight is 353 g/mol. The Balaban J connectivity index is 2.12. The maximum Gasteiger partial charge on any atom is 0.242 e. The topological polar surface area (TPSA) is 58.2 Å². The van der Waals surface area contributed by atoms with Crippen LogP contribution in [0.5, 0.6) is 0 Å². The fourth-order valence-corrected chi connectivity index (χ4v) is 5.46. The van der Waals surface area contributed by atoms with Crippen LogP contribution in [0.3, 0.4) is 0 Å². The SMILES string of the molecule is CC(C)NS(=O)(=O)c1cc(CNC2CC2)sc1Br. The Bertz CT molecular complexity index is 521. The van der Waals surface area contributed by atoms with Crippen LogP contribution in [-0.2, 0) is 16.6 Å². The Morgan fingerprint density at radius 2 is 2.17 bits per heavy atom. The van der Waals surface area contributed by atoms with Crippen LogP contribution in [0.2, 0.25) is 0 Å². The largest absolute Gasteiger partial charge is 0.309 e. The third-order valence-electron chi connectivity index (χ3n) is 2.53. The molecule has 0 saturated heterocycles. The first-order chi connectivity index (χ1) is 8.38. The highest BCUT2D eigenvalue weighted by molar-refractivity contribution is 9.11. The summed E-state index contributed by atoms with van der Waals surface area (Å²) in [6.45, 7) is 4.37. The van der Waals surface area contributed by atoms with Crippen molar-refractivity contribution in [3.63, 3.8) is 0 Å². The van der Waals surface area contributed by atoms with Crippen molar-refractivity contribution in [3.05, 3.63) is 14.7 Å². The van der Waals surface area contributed by atoms with E-state index in [-0.39, 0.29) is 6.04 Å². The number of rotatable bonds is 6. The molecule has 1 aliphatic carbocycles. The van der Waals surface area contributed by atoms with Gasteiger partial charge in [0.2, 0.25) is 10.0 Å². The molecule has 0 amide bonds. The Kier molecular flexibility index (Phi) is 4.48. The van der Waals surface area contributed by atoms with Crippen molar-refractivity contribution >= 4 is 37.3 Å². The van der Waals surface area contributed by atoms with Crippen molar-refractivity contribution in [2.45, 2.75) is 50.2 Å². The Hall–Kier alpha value is 0.0500. The molecular weight excluding hydrogens is 336 g/mol. The van der Waals surface area contributed by atoms with Crippen molar-refractivity contribution < 1.29 is 8.42 Å². The molecule has 0 aromatic carbocycles. The molecule has 0 unspecified atom stereocenters. The highest BCUT2D eigenvalue weighted by Crippen LogP contribution is 2.32. The van der Waals surface area contributed by atoms with E-state index in [0.717, 1.165) is 11.4 Å². The van der Waals surface area contributed by atoms with E-state index in [2.05, 4.69) is 26.0 Å². The molecule has 2 N–H and O–H groups in total. The maximum absolute atomic E-state index is 12.1. The molecule has 1 heterocycles. The average Bonchev–Trinajstić information content (AvgIpc) is 2.97. The summed E-state index contributed by atoms with van der Waals surface area (Å²) in [5.41, 5.74) is 0. The van der Waals surface area contributed by atoms with Crippen LogP contribution >= 0.6 is 27.3 Å². The van der Waals surface area contributed by atoms with E-state index < -0.39 is 10.0 Å². The molecule has 102 valence electrons. The van der Waals surface area contributed by atoms with Gasteiger partial charge in [0.25, 0.3) is 0 Å². The standard InChI is InChI=1S/C11H17BrN2O2S2/c1-7(2)14-18(15,16)10-5-9(17-11(10)12)6-13-8-3-4-8/h5,7-8,13-14H,3-4,6H2,1-2H3. The number of thiophene rings is 1. The van der Waals surface area contributed by atoms with Crippen molar-refractivity contribution in [1.82, 2.24) is 10.0 Å². The van der Waals surface area contributed by atoms with Crippen molar-refractivity contribution in [2.75, 3.05) is 0 Å². The number of hydrogen-bond donors (Lipinski definition) is 2. The molecule has 4 nitrogen and oxygen atoms in total. The highest BCUT2D eigenvalue weighted by atomic mass is 79.9. The molecule has 1 aliphatic rings. The van der Waals surface area contributed by atoms with E-state index in [4.69, 9.17) is 0 Å². The van der Waals surface area contributed by atoms with Gasteiger partial charge in [0.15, 0.2) is 0 Å². The van der Waals surface area contributed by atoms with Crippen LogP contribution in [0.15, 0.2) is 14.7 Å². The molecule has 1 aromatic heterocycles. The lowest BCUT2D eigenvalue weighted by Crippen LogP contribution is -2.30. The zero-order valence-corrected chi connectivity index (χ0v) is 13.6. The van der Waals surface area contributed by atoms with E-state index in [9.17, 15) is 8.42 Å². The van der Waals surface area contributed by atoms with Crippen molar-refractivity contribution in [3.8, 4) is 0 Å². The van der Waals surface area contributed by atoms with Gasteiger partial charge in [-0.1, -0.05) is 0 Å². The third-order valence-corrected chi connectivity index (χ3v) is 6.44. The molecule has 1 saturated carbocycles. The second kappa shape index (κ2) is 5.58. The van der Waals surface area contributed by atoms with Gasteiger partial charge in [-0.25, -0.2) is 13.1 Å². The first-order valence-electron chi connectivity index (χ1n) is 5.92. The van der Waals surface area contributed by atoms with Crippen molar-refractivity contribution in [2.24, 2.45) is 0 Å². The second-order valence-electron chi connectivity index (χ2n) is 4.78. The minimum atomic E-state index is -3.41. The summed E-state index contributed by atoms with van der Waals surface area (Å²) in [4.78, 5) is 1.38. The van der Waals surface area contributed by atoms with Gasteiger partial charge in [-0.2, -0.15) is 0 Å². The van der Waals surface area contributed by atoms with Gasteiger partial charge in [0, 0.05) is 23.5 Å². The Labute approximate surface area is 120 Å².